The van der Waals surface area contributed by atoms with Crippen molar-refractivity contribution < 1.29 is 9.13 Å². The number of halogens is 1. The Morgan fingerprint density at radius 1 is 1.04 bits per heavy atom. The van der Waals surface area contributed by atoms with Crippen molar-refractivity contribution in [3.63, 3.8) is 0 Å². The number of para-hydroxylation sites is 1. The summed E-state index contributed by atoms with van der Waals surface area (Å²) in [6, 6.07) is 15.1. The first-order valence-electron chi connectivity index (χ1n) is 9.67. The van der Waals surface area contributed by atoms with Crippen LogP contribution in [0.2, 0.25) is 0 Å². The van der Waals surface area contributed by atoms with Crippen LogP contribution in [0.1, 0.15) is 5.56 Å². The summed E-state index contributed by atoms with van der Waals surface area (Å²) in [5.74, 6) is -0.208. The van der Waals surface area contributed by atoms with Crippen LogP contribution in [0.5, 0.6) is 0 Å². The molecule has 3 aromatic rings. The fourth-order valence-corrected chi connectivity index (χ4v) is 3.75. The first-order valence-corrected chi connectivity index (χ1v) is 9.67. The van der Waals surface area contributed by atoms with Crippen LogP contribution in [-0.2, 0) is 11.2 Å². The maximum Gasteiger partial charge on any atom is 0.123 e. The van der Waals surface area contributed by atoms with Gasteiger partial charge in [0.25, 0.3) is 0 Å². The Balaban J connectivity index is 1.44. The molecule has 4 nitrogen and oxygen atoms in total. The lowest BCUT2D eigenvalue weighted by Crippen LogP contribution is -2.40. The molecular formula is C22H26FN3O. The molecule has 0 aliphatic carbocycles. The Morgan fingerprint density at radius 2 is 1.89 bits per heavy atom. The standard InChI is InChI=1S/C22H26FN3O/c23-18-5-3-4-17(16-18)22-20(19-6-1-2-7-21(19)25-22)8-9-24-10-11-26-12-14-27-15-13-26/h1-7,16,24-25H,8-15H2. The Bertz CT molecular complexity index is 886. The van der Waals surface area contributed by atoms with Crippen molar-refractivity contribution in [3.8, 4) is 11.3 Å². The van der Waals surface area contributed by atoms with E-state index in [9.17, 15) is 4.39 Å². The molecule has 0 radical (unpaired) electrons. The lowest BCUT2D eigenvalue weighted by atomic mass is 10.0. The van der Waals surface area contributed by atoms with Crippen LogP contribution < -0.4 is 5.32 Å². The Labute approximate surface area is 159 Å². The predicted molar refractivity (Wildman–Crippen MR) is 108 cm³/mol. The van der Waals surface area contributed by atoms with Gasteiger partial charge in [-0.1, -0.05) is 30.3 Å². The number of morpholine rings is 1. The highest BCUT2D eigenvalue weighted by atomic mass is 19.1. The third-order valence-electron chi connectivity index (χ3n) is 5.19. The second-order valence-electron chi connectivity index (χ2n) is 6.99. The number of aromatic amines is 1. The normalized spacial score (nSPS) is 15.4. The summed E-state index contributed by atoms with van der Waals surface area (Å²) in [6.45, 7) is 6.64. The summed E-state index contributed by atoms with van der Waals surface area (Å²) in [5, 5.41) is 4.77. The minimum Gasteiger partial charge on any atom is -0.379 e. The third kappa shape index (κ3) is 4.38. The zero-order valence-electron chi connectivity index (χ0n) is 15.5. The zero-order chi connectivity index (χ0) is 18.5. The quantitative estimate of drug-likeness (QED) is 0.629. The van der Waals surface area contributed by atoms with E-state index in [1.807, 2.05) is 12.1 Å². The van der Waals surface area contributed by atoms with Crippen LogP contribution in [0.3, 0.4) is 0 Å². The van der Waals surface area contributed by atoms with Gasteiger partial charge >= 0.3 is 0 Å². The molecule has 0 atom stereocenters. The monoisotopic (exact) mass is 367 g/mol. The third-order valence-corrected chi connectivity index (χ3v) is 5.19. The van der Waals surface area contributed by atoms with E-state index < -0.39 is 0 Å². The van der Waals surface area contributed by atoms with Gasteiger partial charge in [0.2, 0.25) is 0 Å². The van der Waals surface area contributed by atoms with Crippen molar-refractivity contribution in [1.82, 2.24) is 15.2 Å². The lowest BCUT2D eigenvalue weighted by Gasteiger charge is -2.26. The van der Waals surface area contributed by atoms with Gasteiger partial charge in [0.05, 0.1) is 13.2 Å². The van der Waals surface area contributed by atoms with E-state index in [4.69, 9.17) is 4.74 Å². The van der Waals surface area contributed by atoms with Gasteiger partial charge in [0, 0.05) is 48.3 Å². The lowest BCUT2D eigenvalue weighted by molar-refractivity contribution is 0.0385. The summed E-state index contributed by atoms with van der Waals surface area (Å²) in [5.41, 5.74) is 4.26. The number of nitrogens with one attached hydrogen (secondary N) is 2. The van der Waals surface area contributed by atoms with Crippen molar-refractivity contribution >= 4 is 10.9 Å². The molecule has 1 fully saturated rings. The molecule has 27 heavy (non-hydrogen) atoms. The molecule has 1 saturated heterocycles. The van der Waals surface area contributed by atoms with Crippen LogP contribution in [0, 0.1) is 5.82 Å². The number of aromatic nitrogens is 1. The molecule has 2 N–H and O–H groups in total. The Morgan fingerprint density at radius 3 is 2.74 bits per heavy atom. The Kier molecular flexibility index (Phi) is 5.82. The van der Waals surface area contributed by atoms with Crippen LogP contribution in [0.15, 0.2) is 48.5 Å². The molecule has 1 aliphatic rings. The van der Waals surface area contributed by atoms with Gasteiger partial charge in [-0.15, -0.1) is 0 Å². The molecule has 0 bridgehead atoms. The van der Waals surface area contributed by atoms with E-state index in [2.05, 4.69) is 33.4 Å². The van der Waals surface area contributed by atoms with E-state index in [1.165, 1.54) is 17.0 Å². The van der Waals surface area contributed by atoms with Crippen LogP contribution in [-0.4, -0.2) is 55.8 Å². The van der Waals surface area contributed by atoms with Gasteiger partial charge in [-0.05, 0) is 36.7 Å². The van der Waals surface area contributed by atoms with Gasteiger partial charge in [-0.2, -0.15) is 0 Å². The summed E-state index contributed by atoms with van der Waals surface area (Å²) in [7, 11) is 0. The molecule has 4 rings (SSSR count). The number of rotatable bonds is 7. The molecule has 0 saturated carbocycles. The number of nitrogens with zero attached hydrogens (tertiary/aromatic N) is 1. The zero-order valence-corrected chi connectivity index (χ0v) is 15.5. The number of ether oxygens (including phenoxy) is 1. The van der Waals surface area contributed by atoms with Crippen LogP contribution >= 0.6 is 0 Å². The van der Waals surface area contributed by atoms with Crippen molar-refractivity contribution in [2.75, 3.05) is 45.9 Å². The first-order chi connectivity index (χ1) is 13.3. The molecule has 2 aromatic carbocycles. The highest BCUT2D eigenvalue weighted by Gasteiger charge is 2.13. The summed E-state index contributed by atoms with van der Waals surface area (Å²) >= 11 is 0. The molecule has 0 unspecified atom stereocenters. The topological polar surface area (TPSA) is 40.3 Å². The average Bonchev–Trinajstić information content (AvgIpc) is 3.07. The molecule has 0 spiro atoms. The summed E-state index contributed by atoms with van der Waals surface area (Å²) in [6.07, 6.45) is 0.902. The van der Waals surface area contributed by atoms with Gasteiger partial charge in [0.1, 0.15) is 5.82 Å². The molecule has 5 heteroatoms. The minimum absolute atomic E-state index is 0.208. The second kappa shape index (κ2) is 8.65. The average molecular weight is 367 g/mol. The molecule has 1 aromatic heterocycles. The van der Waals surface area contributed by atoms with Gasteiger partial charge in [-0.3, -0.25) is 4.90 Å². The van der Waals surface area contributed by atoms with Gasteiger partial charge in [0.15, 0.2) is 0 Å². The number of H-pyrrole nitrogens is 1. The SMILES string of the molecule is Fc1cccc(-c2[nH]c3ccccc3c2CCNCCN2CCOCC2)c1. The highest BCUT2D eigenvalue weighted by Crippen LogP contribution is 2.30. The molecule has 0 amide bonds. The van der Waals surface area contributed by atoms with Crippen LogP contribution in [0.25, 0.3) is 22.2 Å². The molecule has 142 valence electrons. The maximum atomic E-state index is 13.7. The number of hydrogen-bond acceptors (Lipinski definition) is 3. The number of hydrogen-bond donors (Lipinski definition) is 2. The van der Waals surface area contributed by atoms with Gasteiger partial charge in [-0.25, -0.2) is 4.39 Å². The number of fused-ring (bicyclic) bond motifs is 1. The fraction of sp³-hybridized carbons (Fsp3) is 0.364. The summed E-state index contributed by atoms with van der Waals surface area (Å²) < 4.78 is 19.1. The molecule has 1 aliphatic heterocycles. The van der Waals surface area contributed by atoms with Crippen molar-refractivity contribution in [3.05, 3.63) is 59.9 Å². The Hall–Kier alpha value is -2.21. The predicted octanol–water partition coefficient (Wildman–Crippen LogP) is 3.44. The molecule has 2 heterocycles. The largest absolute Gasteiger partial charge is 0.379 e. The van der Waals surface area contributed by atoms with Gasteiger partial charge < -0.3 is 15.0 Å². The van der Waals surface area contributed by atoms with E-state index in [-0.39, 0.29) is 5.82 Å². The first kappa shape index (κ1) is 18.2. The molecular weight excluding hydrogens is 341 g/mol. The number of benzene rings is 2. The van der Waals surface area contributed by atoms with Crippen LogP contribution in [0.4, 0.5) is 4.39 Å². The van der Waals surface area contributed by atoms with E-state index in [0.717, 1.165) is 69.1 Å². The van der Waals surface area contributed by atoms with E-state index in [0.29, 0.717) is 0 Å². The maximum absolute atomic E-state index is 13.7. The van der Waals surface area contributed by atoms with E-state index in [1.54, 1.807) is 12.1 Å². The fourth-order valence-electron chi connectivity index (χ4n) is 3.75. The smallest absolute Gasteiger partial charge is 0.123 e. The van der Waals surface area contributed by atoms with Crippen molar-refractivity contribution in [2.24, 2.45) is 0 Å². The highest BCUT2D eigenvalue weighted by molar-refractivity contribution is 5.90. The van der Waals surface area contributed by atoms with Crippen molar-refractivity contribution in [2.45, 2.75) is 6.42 Å². The minimum atomic E-state index is -0.208. The van der Waals surface area contributed by atoms with Crippen molar-refractivity contribution in [1.29, 1.82) is 0 Å². The van der Waals surface area contributed by atoms with E-state index >= 15 is 0 Å². The second-order valence-corrected chi connectivity index (χ2v) is 6.99. The summed E-state index contributed by atoms with van der Waals surface area (Å²) in [4.78, 5) is 5.91.